The Balaban J connectivity index is 0.893. The summed E-state index contributed by atoms with van der Waals surface area (Å²) in [7, 11) is 0. The van der Waals surface area contributed by atoms with E-state index in [-0.39, 0.29) is 0 Å². The van der Waals surface area contributed by atoms with Crippen LogP contribution in [0.25, 0.3) is 135 Å². The molecule has 342 valence electrons. The van der Waals surface area contributed by atoms with Crippen molar-refractivity contribution in [2.24, 2.45) is 0 Å². The van der Waals surface area contributed by atoms with E-state index >= 15 is 0 Å². The van der Waals surface area contributed by atoms with Gasteiger partial charge in [-0.15, -0.1) is 0 Å². The highest BCUT2D eigenvalue weighted by atomic mass is 16.3. The number of furan rings is 1. The van der Waals surface area contributed by atoms with Crippen molar-refractivity contribution in [3.63, 3.8) is 0 Å². The van der Waals surface area contributed by atoms with Crippen LogP contribution in [-0.2, 0) is 0 Å². The van der Waals surface area contributed by atoms with Crippen molar-refractivity contribution in [1.82, 2.24) is 24.9 Å². The van der Waals surface area contributed by atoms with Crippen molar-refractivity contribution in [3.8, 4) is 113 Å². The molecule has 0 aliphatic heterocycles. The molecule has 13 aromatic rings. The van der Waals surface area contributed by atoms with Crippen molar-refractivity contribution >= 4 is 21.9 Å². The Morgan fingerprint density at radius 2 is 0.562 bits per heavy atom. The fourth-order valence-electron chi connectivity index (χ4n) is 9.66. The molecule has 3 heterocycles. The molecule has 0 spiro atoms. The zero-order chi connectivity index (χ0) is 48.5. The molecule has 0 unspecified atom stereocenters. The summed E-state index contributed by atoms with van der Waals surface area (Å²) in [6, 6.07) is 89.9. The SMILES string of the molecule is c1ccc(-c2ccc(-c3cc(-c4cccc(-c5cccc(-c6nc(-c7ccccc7)nc(-c7cccc8c7oc7c(-c9ccccc9)cccc78)n6)c5)c4)nc(-c4ccc(-c5ccccc5)cc4)n3)cc2)cc1. The van der Waals surface area contributed by atoms with Gasteiger partial charge in [0, 0.05) is 44.2 Å². The zero-order valence-corrected chi connectivity index (χ0v) is 39.5. The minimum atomic E-state index is 0.530. The van der Waals surface area contributed by atoms with E-state index in [1.54, 1.807) is 0 Å². The predicted octanol–water partition coefficient (Wildman–Crippen LogP) is 17.2. The number of fused-ring (bicyclic) bond motifs is 3. The molecule has 0 amide bonds. The van der Waals surface area contributed by atoms with Gasteiger partial charge in [-0.25, -0.2) is 24.9 Å². The smallest absolute Gasteiger partial charge is 0.167 e. The number of hydrogen-bond acceptors (Lipinski definition) is 6. The van der Waals surface area contributed by atoms with Crippen LogP contribution in [0, 0.1) is 0 Å². The van der Waals surface area contributed by atoms with Crippen molar-refractivity contribution in [3.05, 3.63) is 261 Å². The Bertz CT molecular complexity index is 4000. The summed E-state index contributed by atoms with van der Waals surface area (Å²) in [6.07, 6.45) is 0. The third-order valence-corrected chi connectivity index (χ3v) is 13.4. The Morgan fingerprint density at radius 3 is 1.15 bits per heavy atom. The summed E-state index contributed by atoms with van der Waals surface area (Å²) in [5.41, 5.74) is 17.5. The van der Waals surface area contributed by atoms with E-state index < -0.39 is 0 Å². The lowest BCUT2D eigenvalue weighted by molar-refractivity contribution is 0.670. The van der Waals surface area contributed by atoms with Gasteiger partial charge in [-0.1, -0.05) is 237 Å². The molecule has 3 aromatic heterocycles. The first kappa shape index (κ1) is 43.1. The maximum atomic E-state index is 6.84. The normalized spacial score (nSPS) is 11.3. The Hall–Kier alpha value is -9.91. The molecule has 6 nitrogen and oxygen atoms in total. The molecule has 10 aromatic carbocycles. The van der Waals surface area contributed by atoms with Crippen molar-refractivity contribution in [1.29, 1.82) is 0 Å². The van der Waals surface area contributed by atoms with Gasteiger partial charge in [0.1, 0.15) is 11.2 Å². The fraction of sp³-hybridized carbons (Fsp3) is 0. The standard InChI is InChI=1S/C67H43N5O/c1-5-17-44(18-6-1)46-33-37-49(38-34-46)60-43-61(69-64(68-60)51-39-35-47(36-40-51)45-19-7-2-8-20-45)54-27-13-25-52(41-54)53-26-14-28-55(42-53)66-70-65(50-23-11-4-12-24-50)71-67(72-66)59-32-16-31-58-57-30-15-29-56(62(57)73-63(58)59)48-21-9-3-10-22-48/h1-43H. The number of hydrogen-bond donors (Lipinski definition) is 0. The van der Waals surface area contributed by atoms with E-state index in [1.807, 2.05) is 60.7 Å². The minimum Gasteiger partial charge on any atom is -0.455 e. The van der Waals surface area contributed by atoms with Crippen LogP contribution in [0.15, 0.2) is 265 Å². The zero-order valence-electron chi connectivity index (χ0n) is 39.5. The van der Waals surface area contributed by atoms with E-state index in [0.29, 0.717) is 23.3 Å². The van der Waals surface area contributed by atoms with Crippen LogP contribution in [0.3, 0.4) is 0 Å². The molecule has 0 fully saturated rings. The van der Waals surface area contributed by atoms with Crippen molar-refractivity contribution < 1.29 is 4.42 Å². The van der Waals surface area contributed by atoms with E-state index in [9.17, 15) is 0 Å². The molecule has 73 heavy (non-hydrogen) atoms. The molecule has 6 heteroatoms. The molecule has 0 bridgehead atoms. The van der Waals surface area contributed by atoms with Crippen LogP contribution in [0.4, 0.5) is 0 Å². The van der Waals surface area contributed by atoms with Gasteiger partial charge in [-0.05, 0) is 63.2 Å². The average molecular weight is 934 g/mol. The highest BCUT2D eigenvalue weighted by Crippen LogP contribution is 2.40. The summed E-state index contributed by atoms with van der Waals surface area (Å²) in [4.78, 5) is 25.9. The molecular formula is C67H43N5O. The van der Waals surface area contributed by atoms with Gasteiger partial charge in [-0.2, -0.15) is 0 Å². The molecule has 0 N–H and O–H groups in total. The number of benzene rings is 10. The molecule has 0 radical (unpaired) electrons. The van der Waals surface area contributed by atoms with Crippen molar-refractivity contribution in [2.75, 3.05) is 0 Å². The predicted molar refractivity (Wildman–Crippen MR) is 297 cm³/mol. The monoisotopic (exact) mass is 933 g/mol. The van der Waals surface area contributed by atoms with Gasteiger partial charge in [0.15, 0.2) is 23.3 Å². The molecule has 13 rings (SSSR count). The maximum absolute atomic E-state index is 6.84. The Morgan fingerprint density at radius 1 is 0.205 bits per heavy atom. The summed E-state index contributed by atoms with van der Waals surface area (Å²) < 4.78 is 6.84. The minimum absolute atomic E-state index is 0.530. The van der Waals surface area contributed by atoms with Gasteiger partial charge in [0.2, 0.25) is 0 Å². The molecule has 0 aliphatic carbocycles. The first-order valence-electron chi connectivity index (χ1n) is 24.4. The van der Waals surface area contributed by atoms with Gasteiger partial charge in [0.05, 0.1) is 17.0 Å². The van der Waals surface area contributed by atoms with Gasteiger partial charge < -0.3 is 4.42 Å². The van der Waals surface area contributed by atoms with Crippen LogP contribution in [0.2, 0.25) is 0 Å². The second kappa shape index (κ2) is 18.8. The number of rotatable bonds is 10. The quantitative estimate of drug-likeness (QED) is 0.136. The first-order chi connectivity index (χ1) is 36.1. The fourth-order valence-corrected chi connectivity index (χ4v) is 9.66. The lowest BCUT2D eigenvalue weighted by Crippen LogP contribution is -2.00. The maximum Gasteiger partial charge on any atom is 0.167 e. The lowest BCUT2D eigenvalue weighted by atomic mass is 9.98. The summed E-state index contributed by atoms with van der Waals surface area (Å²) >= 11 is 0. The van der Waals surface area contributed by atoms with Crippen LogP contribution >= 0.6 is 0 Å². The molecule has 0 saturated carbocycles. The summed E-state index contributed by atoms with van der Waals surface area (Å²) in [5.74, 6) is 2.32. The molecule has 0 aliphatic rings. The van der Waals surface area contributed by atoms with Crippen molar-refractivity contribution in [2.45, 2.75) is 0 Å². The first-order valence-corrected chi connectivity index (χ1v) is 24.4. The highest BCUT2D eigenvalue weighted by Gasteiger charge is 2.20. The van der Waals surface area contributed by atoms with Crippen LogP contribution in [0.1, 0.15) is 0 Å². The van der Waals surface area contributed by atoms with E-state index in [2.05, 4.69) is 200 Å². The highest BCUT2D eigenvalue weighted by molar-refractivity contribution is 6.12. The average Bonchev–Trinajstić information content (AvgIpc) is 3.87. The van der Waals surface area contributed by atoms with Gasteiger partial charge in [0.25, 0.3) is 0 Å². The summed E-state index contributed by atoms with van der Waals surface area (Å²) in [6.45, 7) is 0. The van der Waals surface area contributed by atoms with E-state index in [0.717, 1.165) is 106 Å². The van der Waals surface area contributed by atoms with E-state index in [4.69, 9.17) is 29.3 Å². The number of para-hydroxylation sites is 2. The number of aromatic nitrogens is 5. The summed E-state index contributed by atoms with van der Waals surface area (Å²) in [5, 5.41) is 2.04. The third kappa shape index (κ3) is 8.53. The third-order valence-electron chi connectivity index (χ3n) is 13.4. The second-order valence-electron chi connectivity index (χ2n) is 18.0. The lowest BCUT2D eigenvalue weighted by Gasteiger charge is -2.12. The topological polar surface area (TPSA) is 77.6 Å². The number of nitrogens with zero attached hydrogens (tertiary/aromatic N) is 5. The second-order valence-corrected chi connectivity index (χ2v) is 18.0. The molecular weight excluding hydrogens is 891 g/mol. The van der Waals surface area contributed by atoms with Gasteiger partial charge in [-0.3, -0.25) is 0 Å². The van der Waals surface area contributed by atoms with Crippen LogP contribution in [0.5, 0.6) is 0 Å². The van der Waals surface area contributed by atoms with E-state index in [1.165, 1.54) is 5.56 Å². The Kier molecular flexibility index (Phi) is 11.1. The van der Waals surface area contributed by atoms with Crippen LogP contribution in [-0.4, -0.2) is 24.9 Å². The molecule has 0 saturated heterocycles. The van der Waals surface area contributed by atoms with Crippen LogP contribution < -0.4 is 0 Å². The van der Waals surface area contributed by atoms with Gasteiger partial charge >= 0.3 is 0 Å². The molecule has 0 atom stereocenters. The largest absolute Gasteiger partial charge is 0.455 e. The Labute approximate surface area is 422 Å².